The monoisotopic (exact) mass is 295 g/mol. The molecule has 5 nitrogen and oxygen atoms in total. The molecule has 1 aromatic rings. The molecule has 1 aliphatic rings. The number of carbonyl (C=O) groups excluding carboxylic acids is 2. The highest BCUT2D eigenvalue weighted by Crippen LogP contribution is 2.27. The van der Waals surface area contributed by atoms with E-state index in [2.05, 4.69) is 5.32 Å². The van der Waals surface area contributed by atoms with Gasteiger partial charge in [-0.05, 0) is 38.1 Å². The number of hydrogen-bond donors (Lipinski definition) is 1. The van der Waals surface area contributed by atoms with Gasteiger partial charge in [-0.25, -0.2) is 4.79 Å². The van der Waals surface area contributed by atoms with E-state index >= 15 is 0 Å². The summed E-state index contributed by atoms with van der Waals surface area (Å²) in [7, 11) is 0. The lowest BCUT2D eigenvalue weighted by molar-refractivity contribution is -0.145. The zero-order valence-corrected chi connectivity index (χ0v) is 11.9. The van der Waals surface area contributed by atoms with Gasteiger partial charge in [-0.1, -0.05) is 11.6 Å². The summed E-state index contributed by atoms with van der Waals surface area (Å²) in [5.74, 6) is -0.458. The van der Waals surface area contributed by atoms with Crippen molar-refractivity contribution in [1.29, 1.82) is 0 Å². The van der Waals surface area contributed by atoms with Crippen molar-refractivity contribution in [3.05, 3.63) is 41.1 Å². The number of rotatable bonds is 4. The van der Waals surface area contributed by atoms with Crippen LogP contribution in [0.5, 0.6) is 0 Å². The van der Waals surface area contributed by atoms with Gasteiger partial charge in [0.25, 0.3) is 5.91 Å². The molecule has 1 aromatic carbocycles. The fourth-order valence-electron chi connectivity index (χ4n) is 1.70. The van der Waals surface area contributed by atoms with Gasteiger partial charge >= 0.3 is 5.97 Å². The van der Waals surface area contributed by atoms with Gasteiger partial charge in [0.05, 0.1) is 6.08 Å². The van der Waals surface area contributed by atoms with Gasteiger partial charge in [0.2, 0.25) is 0 Å². The lowest BCUT2D eigenvalue weighted by Gasteiger charge is -2.21. The van der Waals surface area contributed by atoms with Crippen LogP contribution in [0.2, 0.25) is 5.02 Å². The zero-order chi connectivity index (χ0) is 14.8. The number of carbonyl (C=O) groups is 2. The van der Waals surface area contributed by atoms with Crippen molar-refractivity contribution in [3.8, 4) is 0 Å². The van der Waals surface area contributed by atoms with Crippen molar-refractivity contribution >= 4 is 29.2 Å². The number of anilines is 1. The summed E-state index contributed by atoms with van der Waals surface area (Å²) in [4.78, 5) is 22.9. The highest BCUT2D eigenvalue weighted by atomic mass is 35.5. The van der Waals surface area contributed by atoms with Gasteiger partial charge in [0, 0.05) is 10.7 Å². The molecule has 0 aliphatic carbocycles. The van der Waals surface area contributed by atoms with Gasteiger partial charge in [0.1, 0.15) is 5.76 Å². The predicted molar refractivity (Wildman–Crippen MR) is 74.3 cm³/mol. The van der Waals surface area contributed by atoms with Gasteiger partial charge in [-0.3, -0.25) is 4.79 Å². The first-order chi connectivity index (χ1) is 9.37. The molecule has 1 N–H and O–H groups in total. The van der Waals surface area contributed by atoms with Gasteiger partial charge in [-0.2, -0.15) is 0 Å². The van der Waals surface area contributed by atoms with Crippen LogP contribution in [0.4, 0.5) is 5.69 Å². The third kappa shape index (κ3) is 3.51. The van der Waals surface area contributed by atoms with Crippen molar-refractivity contribution < 1.29 is 19.1 Å². The fraction of sp³-hybridized carbons (Fsp3) is 0.286. The highest BCUT2D eigenvalue weighted by molar-refractivity contribution is 6.30. The van der Waals surface area contributed by atoms with Crippen molar-refractivity contribution in [2.24, 2.45) is 0 Å². The Morgan fingerprint density at radius 2 is 2.00 bits per heavy atom. The average molecular weight is 296 g/mol. The van der Waals surface area contributed by atoms with E-state index in [1.165, 1.54) is 6.08 Å². The molecule has 0 bridgehead atoms. The molecule has 106 valence electrons. The van der Waals surface area contributed by atoms with Crippen LogP contribution in [0.15, 0.2) is 36.1 Å². The van der Waals surface area contributed by atoms with Crippen LogP contribution in [0.3, 0.4) is 0 Å². The van der Waals surface area contributed by atoms with Crippen LogP contribution in [-0.4, -0.2) is 24.1 Å². The molecule has 2 rings (SSSR count). The molecule has 0 aromatic heterocycles. The number of nitrogens with one attached hydrogen (secondary N) is 1. The molecule has 20 heavy (non-hydrogen) atoms. The van der Waals surface area contributed by atoms with E-state index in [4.69, 9.17) is 21.1 Å². The standard InChI is InChI=1S/C14H14ClNO4/c1-14(2)11(7-13(18)20-14)19-8-12(17)16-10-5-3-9(15)4-6-10/h3-7H,8H2,1-2H3,(H,16,17). The number of hydrogen-bond acceptors (Lipinski definition) is 4. The van der Waals surface area contributed by atoms with Crippen molar-refractivity contribution in [2.75, 3.05) is 11.9 Å². The second-order valence-electron chi connectivity index (χ2n) is 4.78. The molecule has 0 fully saturated rings. The summed E-state index contributed by atoms with van der Waals surface area (Å²) in [6.45, 7) is 3.19. The quantitative estimate of drug-likeness (QED) is 0.867. The smallest absolute Gasteiger partial charge is 0.335 e. The third-order valence-corrected chi connectivity index (χ3v) is 2.94. The second kappa shape index (κ2) is 5.54. The van der Waals surface area contributed by atoms with Crippen molar-refractivity contribution in [3.63, 3.8) is 0 Å². The number of esters is 1. The Labute approximate surface area is 121 Å². The fourth-order valence-corrected chi connectivity index (χ4v) is 1.83. The molecule has 0 saturated heterocycles. The minimum atomic E-state index is -0.836. The first-order valence-corrected chi connectivity index (χ1v) is 6.38. The maximum atomic E-state index is 11.7. The summed E-state index contributed by atoms with van der Waals surface area (Å²) < 4.78 is 10.3. The molecule has 6 heteroatoms. The number of halogens is 1. The SMILES string of the molecule is CC1(C)OC(=O)C=C1OCC(=O)Nc1ccc(Cl)cc1. The van der Waals surface area contributed by atoms with Gasteiger partial charge in [0.15, 0.2) is 12.2 Å². The number of ether oxygens (including phenoxy) is 2. The number of amides is 1. The largest absolute Gasteiger partial charge is 0.484 e. The lowest BCUT2D eigenvalue weighted by Crippen LogP contribution is -2.27. The van der Waals surface area contributed by atoms with Crippen LogP contribution in [0, 0.1) is 0 Å². The highest BCUT2D eigenvalue weighted by Gasteiger charge is 2.36. The lowest BCUT2D eigenvalue weighted by atomic mass is 10.1. The summed E-state index contributed by atoms with van der Waals surface area (Å²) in [5, 5.41) is 3.25. The van der Waals surface area contributed by atoms with Crippen molar-refractivity contribution in [1.82, 2.24) is 0 Å². The Balaban J connectivity index is 1.88. The molecule has 0 radical (unpaired) electrons. The second-order valence-corrected chi connectivity index (χ2v) is 5.22. The Morgan fingerprint density at radius 3 is 2.55 bits per heavy atom. The maximum absolute atomic E-state index is 11.7. The predicted octanol–water partition coefficient (Wildman–Crippen LogP) is 2.51. The van der Waals surface area contributed by atoms with Crippen LogP contribution in [0.25, 0.3) is 0 Å². The summed E-state index contributed by atoms with van der Waals surface area (Å²) in [5.41, 5.74) is -0.215. The third-order valence-electron chi connectivity index (χ3n) is 2.68. The summed E-state index contributed by atoms with van der Waals surface area (Å²) in [6, 6.07) is 6.72. The van der Waals surface area contributed by atoms with E-state index in [0.29, 0.717) is 16.5 Å². The van der Waals surface area contributed by atoms with Crippen LogP contribution in [-0.2, 0) is 19.1 Å². The Hall–Kier alpha value is -2.01. The minimum Gasteiger partial charge on any atom is -0.484 e. The van der Waals surface area contributed by atoms with Crippen molar-refractivity contribution in [2.45, 2.75) is 19.4 Å². The first-order valence-electron chi connectivity index (χ1n) is 6.00. The molecule has 1 aliphatic heterocycles. The van der Waals surface area contributed by atoms with E-state index in [1.54, 1.807) is 38.1 Å². The maximum Gasteiger partial charge on any atom is 0.335 e. The van der Waals surface area contributed by atoms with E-state index in [1.807, 2.05) is 0 Å². The first kappa shape index (κ1) is 14.4. The molecule has 1 heterocycles. The van der Waals surface area contributed by atoms with E-state index in [0.717, 1.165) is 0 Å². The minimum absolute atomic E-state index is 0.200. The normalized spacial score (nSPS) is 16.4. The molecule has 0 atom stereocenters. The van der Waals surface area contributed by atoms with Gasteiger partial charge in [-0.15, -0.1) is 0 Å². The Morgan fingerprint density at radius 1 is 1.35 bits per heavy atom. The molecular formula is C14H14ClNO4. The Bertz CT molecular complexity index is 563. The summed E-state index contributed by atoms with van der Waals surface area (Å²) >= 11 is 5.75. The van der Waals surface area contributed by atoms with Crippen LogP contribution >= 0.6 is 11.6 Å². The van der Waals surface area contributed by atoms with Gasteiger partial charge < -0.3 is 14.8 Å². The average Bonchev–Trinajstić information content (AvgIpc) is 2.62. The number of benzene rings is 1. The molecule has 0 saturated carbocycles. The van der Waals surface area contributed by atoms with Crippen LogP contribution in [0.1, 0.15) is 13.8 Å². The zero-order valence-electron chi connectivity index (χ0n) is 11.1. The molecular weight excluding hydrogens is 282 g/mol. The molecule has 0 unspecified atom stereocenters. The summed E-state index contributed by atoms with van der Waals surface area (Å²) in [6.07, 6.45) is 1.25. The van der Waals surface area contributed by atoms with E-state index < -0.39 is 11.6 Å². The van der Waals surface area contributed by atoms with E-state index in [-0.39, 0.29) is 12.5 Å². The molecule has 0 spiro atoms. The Kier molecular flexibility index (Phi) is 3.99. The van der Waals surface area contributed by atoms with E-state index in [9.17, 15) is 9.59 Å². The molecule has 1 amide bonds. The topological polar surface area (TPSA) is 64.6 Å². The van der Waals surface area contributed by atoms with Crippen LogP contribution < -0.4 is 5.32 Å². The number of cyclic esters (lactones) is 1.